The lowest BCUT2D eigenvalue weighted by atomic mass is 9.99. The predicted octanol–water partition coefficient (Wildman–Crippen LogP) is 5.30. The number of hydrogen-bond acceptors (Lipinski definition) is 7. The Labute approximate surface area is 189 Å². The third kappa shape index (κ3) is 3.86. The molecule has 168 valence electrons. The quantitative estimate of drug-likeness (QED) is 0.303. The molecule has 0 radical (unpaired) electrons. The zero-order valence-electron chi connectivity index (χ0n) is 18.3. The van der Waals surface area contributed by atoms with Crippen LogP contribution in [0.2, 0.25) is 0 Å². The van der Waals surface area contributed by atoms with Crippen molar-refractivity contribution < 1.29 is 27.8 Å². The van der Waals surface area contributed by atoms with E-state index in [1.165, 1.54) is 12.3 Å². The van der Waals surface area contributed by atoms with Gasteiger partial charge in [0, 0.05) is 6.07 Å². The average Bonchev–Trinajstić information content (AvgIpc) is 3.35. The lowest BCUT2D eigenvalue weighted by Crippen LogP contribution is -2.15. The Kier molecular flexibility index (Phi) is 5.38. The molecule has 0 spiro atoms. The summed E-state index contributed by atoms with van der Waals surface area (Å²) in [5, 5.41) is 0.423. The van der Waals surface area contributed by atoms with Crippen molar-refractivity contribution in [3.8, 4) is 28.4 Å². The van der Waals surface area contributed by atoms with Gasteiger partial charge in [0.1, 0.15) is 30.3 Å². The van der Waals surface area contributed by atoms with Gasteiger partial charge in [0.25, 0.3) is 0 Å². The van der Waals surface area contributed by atoms with E-state index in [1.807, 2.05) is 13.0 Å². The normalized spacial score (nSPS) is 12.7. The first-order valence-electron chi connectivity index (χ1n) is 10.8. The first-order chi connectivity index (χ1) is 16.0. The van der Waals surface area contributed by atoms with E-state index >= 15 is 0 Å². The van der Waals surface area contributed by atoms with Crippen LogP contribution in [0.5, 0.6) is 17.2 Å². The Hall–Kier alpha value is -4.00. The van der Waals surface area contributed by atoms with Crippen LogP contribution in [-0.4, -0.2) is 19.2 Å². The van der Waals surface area contributed by atoms with Gasteiger partial charge in [0.2, 0.25) is 11.2 Å². The van der Waals surface area contributed by atoms with Crippen LogP contribution in [0.3, 0.4) is 0 Å². The average molecular weight is 446 g/mol. The number of ether oxygens (including phenoxy) is 3. The Morgan fingerprint density at radius 3 is 2.64 bits per heavy atom. The number of furan rings is 1. The maximum atomic E-state index is 13.5. The Bertz CT molecular complexity index is 1400. The second-order valence-electron chi connectivity index (χ2n) is 7.79. The van der Waals surface area contributed by atoms with E-state index in [0.717, 1.165) is 12.0 Å². The highest BCUT2D eigenvalue weighted by Gasteiger charge is 2.21. The number of aryl methyl sites for hydroxylation is 2. The number of rotatable bonds is 5. The summed E-state index contributed by atoms with van der Waals surface area (Å²) in [4.78, 5) is 26.0. The third-order valence-corrected chi connectivity index (χ3v) is 5.52. The zero-order valence-corrected chi connectivity index (χ0v) is 18.3. The fourth-order valence-electron chi connectivity index (χ4n) is 4.02. The summed E-state index contributed by atoms with van der Waals surface area (Å²) in [5.74, 6) is 1.55. The molecule has 2 aromatic carbocycles. The Morgan fingerprint density at radius 1 is 1.06 bits per heavy atom. The zero-order chi connectivity index (χ0) is 22.9. The summed E-state index contributed by atoms with van der Waals surface area (Å²) < 4.78 is 28.0. The molecule has 0 atom stereocenters. The minimum absolute atomic E-state index is 0.101. The van der Waals surface area contributed by atoms with E-state index in [2.05, 4.69) is 0 Å². The van der Waals surface area contributed by atoms with Crippen molar-refractivity contribution in [3.63, 3.8) is 0 Å². The summed E-state index contributed by atoms with van der Waals surface area (Å²) in [5.41, 5.74) is 2.08. The molecule has 0 N–H and O–H groups in total. The van der Waals surface area contributed by atoms with E-state index < -0.39 is 5.97 Å². The highest BCUT2D eigenvalue weighted by molar-refractivity contribution is 5.90. The molecule has 0 fully saturated rings. The molecule has 0 bridgehead atoms. The van der Waals surface area contributed by atoms with Crippen LogP contribution in [0, 0.1) is 6.92 Å². The number of carbonyl (C=O) groups excluding carboxylic acids is 1. The first kappa shape index (κ1) is 20.9. The van der Waals surface area contributed by atoms with E-state index in [-0.39, 0.29) is 11.2 Å². The van der Waals surface area contributed by atoms with E-state index in [0.29, 0.717) is 64.7 Å². The van der Waals surface area contributed by atoms with Crippen molar-refractivity contribution in [2.75, 3.05) is 13.2 Å². The van der Waals surface area contributed by atoms with Gasteiger partial charge in [0.15, 0.2) is 11.5 Å². The maximum Gasteiger partial charge on any atom is 0.379 e. The minimum Gasteiger partial charge on any atom is -0.486 e. The molecule has 7 nitrogen and oxygen atoms in total. The molecular weight excluding hydrogens is 424 g/mol. The van der Waals surface area contributed by atoms with Crippen molar-refractivity contribution in [1.82, 2.24) is 0 Å². The topological polar surface area (TPSA) is 88.1 Å². The van der Waals surface area contributed by atoms with Crippen LogP contribution in [0.25, 0.3) is 22.1 Å². The Morgan fingerprint density at radius 2 is 1.88 bits per heavy atom. The van der Waals surface area contributed by atoms with Crippen molar-refractivity contribution in [2.24, 2.45) is 0 Å². The molecule has 4 aromatic rings. The molecular formula is C26H22O7. The molecule has 0 saturated heterocycles. The predicted molar refractivity (Wildman–Crippen MR) is 121 cm³/mol. The standard InChI is InChI=1S/C26H22O7/c1-3-5-16-12-18-22(14-21(16)33-26(28)20-6-4-9-29-20)32-15(2)24(25(18)27)17-7-8-19-23(13-17)31-11-10-30-19/h4,6-9,12-14H,3,5,10-11H2,1-2H3. The second-order valence-corrected chi connectivity index (χ2v) is 7.79. The molecule has 2 aromatic heterocycles. The molecule has 0 unspecified atom stereocenters. The van der Waals surface area contributed by atoms with Crippen LogP contribution in [0.15, 0.2) is 62.4 Å². The summed E-state index contributed by atoms with van der Waals surface area (Å²) in [6, 6.07) is 11.9. The molecule has 33 heavy (non-hydrogen) atoms. The van der Waals surface area contributed by atoms with Gasteiger partial charge in [-0.25, -0.2) is 4.79 Å². The van der Waals surface area contributed by atoms with Gasteiger partial charge < -0.3 is 23.0 Å². The smallest absolute Gasteiger partial charge is 0.379 e. The molecule has 0 saturated carbocycles. The lowest BCUT2D eigenvalue weighted by Gasteiger charge is -2.19. The van der Waals surface area contributed by atoms with Crippen molar-refractivity contribution in [3.05, 3.63) is 76.0 Å². The van der Waals surface area contributed by atoms with Crippen molar-refractivity contribution in [1.29, 1.82) is 0 Å². The van der Waals surface area contributed by atoms with Gasteiger partial charge in [-0.2, -0.15) is 0 Å². The van der Waals surface area contributed by atoms with Crippen molar-refractivity contribution in [2.45, 2.75) is 26.7 Å². The number of hydrogen-bond donors (Lipinski definition) is 0. The van der Waals surface area contributed by atoms with Crippen molar-refractivity contribution >= 4 is 16.9 Å². The van der Waals surface area contributed by atoms with E-state index in [9.17, 15) is 9.59 Å². The third-order valence-electron chi connectivity index (χ3n) is 5.52. The van der Waals surface area contributed by atoms with E-state index in [4.69, 9.17) is 23.0 Å². The van der Waals surface area contributed by atoms with Gasteiger partial charge in [-0.15, -0.1) is 0 Å². The van der Waals surface area contributed by atoms with Gasteiger partial charge in [-0.05, 0) is 54.8 Å². The molecule has 1 aliphatic heterocycles. The van der Waals surface area contributed by atoms with Gasteiger partial charge in [-0.3, -0.25) is 4.79 Å². The van der Waals surface area contributed by atoms with Gasteiger partial charge in [0.05, 0.1) is 17.2 Å². The highest BCUT2D eigenvalue weighted by Crippen LogP contribution is 2.36. The number of benzene rings is 2. The molecule has 7 heteroatoms. The fraction of sp³-hybridized carbons (Fsp3) is 0.231. The SMILES string of the molecule is CCCc1cc2c(=O)c(-c3ccc4c(c3)OCCO4)c(C)oc2cc1OC(=O)c1ccco1. The summed E-state index contributed by atoms with van der Waals surface area (Å²) in [6.45, 7) is 4.71. The largest absolute Gasteiger partial charge is 0.486 e. The second kappa shape index (κ2) is 8.50. The van der Waals surface area contributed by atoms with Crippen LogP contribution in [0.1, 0.15) is 35.2 Å². The maximum absolute atomic E-state index is 13.5. The van der Waals surface area contributed by atoms with Crippen LogP contribution >= 0.6 is 0 Å². The summed E-state index contributed by atoms with van der Waals surface area (Å²) in [7, 11) is 0. The van der Waals surface area contributed by atoms with Crippen LogP contribution in [0.4, 0.5) is 0 Å². The Balaban J connectivity index is 1.61. The lowest BCUT2D eigenvalue weighted by molar-refractivity contribution is 0.0700. The minimum atomic E-state index is -0.608. The molecule has 1 aliphatic rings. The molecule has 3 heterocycles. The molecule has 5 rings (SSSR count). The number of carbonyl (C=O) groups is 1. The summed E-state index contributed by atoms with van der Waals surface area (Å²) >= 11 is 0. The fourth-order valence-corrected chi connectivity index (χ4v) is 4.02. The number of fused-ring (bicyclic) bond motifs is 2. The highest BCUT2D eigenvalue weighted by atomic mass is 16.6. The van der Waals surface area contributed by atoms with Gasteiger partial charge >= 0.3 is 5.97 Å². The number of esters is 1. The molecule has 0 aliphatic carbocycles. The van der Waals surface area contributed by atoms with Gasteiger partial charge in [-0.1, -0.05) is 19.4 Å². The molecule has 0 amide bonds. The summed E-state index contributed by atoms with van der Waals surface area (Å²) in [6.07, 6.45) is 2.85. The monoisotopic (exact) mass is 446 g/mol. The first-order valence-corrected chi connectivity index (χ1v) is 10.8. The van der Waals surface area contributed by atoms with Crippen LogP contribution in [-0.2, 0) is 6.42 Å². The van der Waals surface area contributed by atoms with E-state index in [1.54, 1.807) is 37.3 Å². The van der Waals surface area contributed by atoms with Crippen LogP contribution < -0.4 is 19.6 Å².